The van der Waals surface area contributed by atoms with Gasteiger partial charge in [-0.25, -0.2) is 9.29 Å². The normalized spacial score (nSPS) is 16.2. The number of carbonyl (C=O) groups excluding carboxylic acids is 1. The topological polar surface area (TPSA) is 125 Å². The van der Waals surface area contributed by atoms with Gasteiger partial charge in [-0.2, -0.15) is 0 Å². The van der Waals surface area contributed by atoms with Crippen molar-refractivity contribution < 1.29 is 19.4 Å². The van der Waals surface area contributed by atoms with Crippen LogP contribution in [0.15, 0.2) is 53.3 Å². The summed E-state index contributed by atoms with van der Waals surface area (Å²) in [5.41, 5.74) is 0.966. The lowest BCUT2D eigenvalue weighted by Crippen LogP contribution is -2.40. The molecule has 1 saturated heterocycles. The summed E-state index contributed by atoms with van der Waals surface area (Å²) in [6.45, 7) is 1.57. The zero-order valence-electron chi connectivity index (χ0n) is 19.2. The number of carbonyl (C=O) groups is 2. The van der Waals surface area contributed by atoms with Crippen molar-refractivity contribution in [2.45, 2.75) is 38.3 Å². The molecule has 1 amide bonds. The minimum absolute atomic E-state index is 0.0301. The van der Waals surface area contributed by atoms with Crippen molar-refractivity contribution in [1.29, 1.82) is 0 Å². The van der Waals surface area contributed by atoms with Crippen molar-refractivity contribution in [2.75, 3.05) is 18.9 Å². The van der Waals surface area contributed by atoms with Gasteiger partial charge in [0, 0.05) is 18.8 Å². The first-order valence-corrected chi connectivity index (χ1v) is 12.6. The Morgan fingerprint density at radius 2 is 2.06 bits per heavy atom. The molecule has 0 bridgehead atoms. The number of carboxylic acids is 1. The van der Waals surface area contributed by atoms with E-state index in [0.717, 1.165) is 37.1 Å². The molecule has 1 aliphatic heterocycles. The summed E-state index contributed by atoms with van der Waals surface area (Å²) in [5.74, 6) is 0.239. The van der Waals surface area contributed by atoms with E-state index in [1.54, 1.807) is 36.2 Å². The van der Waals surface area contributed by atoms with E-state index in [0.29, 0.717) is 29.7 Å². The number of aromatic amines is 1. The van der Waals surface area contributed by atoms with Crippen LogP contribution in [0, 0.1) is 0 Å². The van der Waals surface area contributed by atoms with Gasteiger partial charge in [0.2, 0.25) is 0 Å². The summed E-state index contributed by atoms with van der Waals surface area (Å²) < 4.78 is 7.82. The van der Waals surface area contributed by atoms with E-state index in [1.165, 1.54) is 0 Å². The van der Waals surface area contributed by atoms with Crippen LogP contribution in [0.4, 0.5) is 0 Å². The standard InChI is InChI=1S/C25H28N4O5S/c30-23-19-9-1-2-10-20(19)27-22(28-23)24(31)26-16-17-7-5-8-18(15-17)34-13-6-14-35-29-12-4-3-11-21(29)25(32)33/h1-2,5,7-10,15,21H,3-4,6,11-14,16H2,(H,26,31)(H,32,33)(H,27,28,30). The number of aromatic nitrogens is 2. The first-order chi connectivity index (χ1) is 17.0. The Balaban J connectivity index is 1.24. The molecule has 1 atom stereocenters. The number of nitrogens with one attached hydrogen (secondary N) is 2. The molecule has 35 heavy (non-hydrogen) atoms. The number of para-hydroxylation sites is 1. The van der Waals surface area contributed by atoms with Crippen LogP contribution in [-0.4, -0.2) is 56.2 Å². The summed E-state index contributed by atoms with van der Waals surface area (Å²) in [4.78, 5) is 42.9. The molecule has 3 aromatic rings. The van der Waals surface area contributed by atoms with Crippen LogP contribution in [-0.2, 0) is 11.3 Å². The highest BCUT2D eigenvalue weighted by Crippen LogP contribution is 2.25. The van der Waals surface area contributed by atoms with E-state index < -0.39 is 17.9 Å². The van der Waals surface area contributed by atoms with Crippen molar-refractivity contribution in [3.8, 4) is 5.75 Å². The van der Waals surface area contributed by atoms with Gasteiger partial charge in [0.25, 0.3) is 11.5 Å². The first-order valence-electron chi connectivity index (χ1n) is 11.6. The molecule has 184 valence electrons. The third kappa shape index (κ3) is 6.61. The SMILES string of the molecule is O=C(NCc1cccc(OCCCSN2CCCCC2C(=O)O)c1)c1nc2ccccc2c(=O)[nH]1. The van der Waals surface area contributed by atoms with Crippen LogP contribution >= 0.6 is 11.9 Å². The fourth-order valence-corrected chi connectivity index (χ4v) is 5.06. The molecule has 1 aliphatic rings. The lowest BCUT2D eigenvalue weighted by Gasteiger charge is -2.31. The zero-order chi connectivity index (χ0) is 24.6. The molecule has 0 saturated carbocycles. The maximum atomic E-state index is 12.5. The molecule has 2 aromatic carbocycles. The predicted octanol–water partition coefficient (Wildman–Crippen LogP) is 3.21. The number of nitrogens with zero attached hydrogens (tertiary/aromatic N) is 2. The summed E-state index contributed by atoms with van der Waals surface area (Å²) in [6.07, 6.45) is 3.49. The van der Waals surface area contributed by atoms with Gasteiger partial charge in [0.05, 0.1) is 17.5 Å². The Kier molecular flexibility index (Phi) is 8.38. The van der Waals surface area contributed by atoms with Gasteiger partial charge in [-0.1, -0.05) is 36.2 Å². The molecular formula is C25H28N4O5S. The molecule has 0 spiro atoms. The Hall–Kier alpha value is -3.37. The number of H-pyrrole nitrogens is 1. The molecule has 0 aliphatic carbocycles. The monoisotopic (exact) mass is 496 g/mol. The summed E-state index contributed by atoms with van der Waals surface area (Å²) >= 11 is 1.58. The number of carboxylic acid groups (broad SMARTS) is 1. The second kappa shape index (κ2) is 11.9. The highest BCUT2D eigenvalue weighted by atomic mass is 32.2. The third-order valence-corrected chi connectivity index (χ3v) is 6.97. The molecule has 0 radical (unpaired) electrons. The number of aliphatic carboxylic acids is 1. The van der Waals surface area contributed by atoms with E-state index in [2.05, 4.69) is 15.3 Å². The number of piperidine rings is 1. The number of benzene rings is 2. The Morgan fingerprint density at radius 1 is 1.20 bits per heavy atom. The smallest absolute Gasteiger partial charge is 0.321 e. The van der Waals surface area contributed by atoms with Gasteiger partial charge in [-0.3, -0.25) is 14.4 Å². The first kappa shape index (κ1) is 24.7. The fraction of sp³-hybridized carbons (Fsp3) is 0.360. The molecule has 4 rings (SSSR count). The molecule has 3 N–H and O–H groups in total. The number of rotatable bonds is 10. The molecule has 2 heterocycles. The van der Waals surface area contributed by atoms with Gasteiger partial charge in [-0.15, -0.1) is 0 Å². The maximum absolute atomic E-state index is 12.5. The number of hydrogen-bond donors (Lipinski definition) is 3. The molecule has 1 aromatic heterocycles. The van der Waals surface area contributed by atoms with Crippen molar-refractivity contribution >= 4 is 34.7 Å². The van der Waals surface area contributed by atoms with Crippen LogP contribution < -0.4 is 15.6 Å². The van der Waals surface area contributed by atoms with Crippen molar-refractivity contribution in [2.24, 2.45) is 0 Å². The fourth-order valence-electron chi connectivity index (χ4n) is 3.94. The lowest BCUT2D eigenvalue weighted by atomic mass is 10.1. The van der Waals surface area contributed by atoms with Crippen LogP contribution in [0.3, 0.4) is 0 Å². The van der Waals surface area contributed by atoms with E-state index in [4.69, 9.17) is 4.74 Å². The molecule has 1 fully saturated rings. The summed E-state index contributed by atoms with van der Waals surface area (Å²) in [7, 11) is 0. The lowest BCUT2D eigenvalue weighted by molar-refractivity contribution is -0.142. The van der Waals surface area contributed by atoms with Gasteiger partial charge in [-0.05, 0) is 55.5 Å². The van der Waals surface area contributed by atoms with E-state index in [9.17, 15) is 19.5 Å². The van der Waals surface area contributed by atoms with Crippen LogP contribution in [0.5, 0.6) is 5.75 Å². The predicted molar refractivity (Wildman–Crippen MR) is 135 cm³/mol. The quantitative estimate of drug-likeness (QED) is 0.289. The van der Waals surface area contributed by atoms with Crippen molar-refractivity contribution in [1.82, 2.24) is 19.6 Å². The second-order valence-corrected chi connectivity index (χ2v) is 9.42. The number of fused-ring (bicyclic) bond motifs is 1. The van der Waals surface area contributed by atoms with Gasteiger partial charge >= 0.3 is 5.97 Å². The molecule has 10 heteroatoms. The van der Waals surface area contributed by atoms with E-state index in [-0.39, 0.29) is 17.9 Å². The number of amides is 1. The van der Waals surface area contributed by atoms with Gasteiger partial charge < -0.3 is 20.1 Å². The Labute approximate surface area is 207 Å². The average molecular weight is 497 g/mol. The highest BCUT2D eigenvalue weighted by Gasteiger charge is 2.28. The van der Waals surface area contributed by atoms with Gasteiger partial charge in [0.15, 0.2) is 5.82 Å². The summed E-state index contributed by atoms with van der Waals surface area (Å²) in [6, 6.07) is 13.9. The molecular weight excluding hydrogens is 468 g/mol. The van der Waals surface area contributed by atoms with Crippen LogP contribution in [0.25, 0.3) is 10.9 Å². The van der Waals surface area contributed by atoms with Crippen LogP contribution in [0.1, 0.15) is 41.9 Å². The van der Waals surface area contributed by atoms with E-state index >= 15 is 0 Å². The zero-order valence-corrected chi connectivity index (χ0v) is 20.1. The second-order valence-electron chi connectivity index (χ2n) is 8.29. The number of ether oxygens (including phenoxy) is 1. The maximum Gasteiger partial charge on any atom is 0.321 e. The minimum atomic E-state index is -0.750. The van der Waals surface area contributed by atoms with E-state index in [1.807, 2.05) is 28.6 Å². The van der Waals surface area contributed by atoms with Crippen LogP contribution in [0.2, 0.25) is 0 Å². The third-order valence-electron chi connectivity index (χ3n) is 5.73. The Bertz CT molecular complexity index is 1250. The largest absolute Gasteiger partial charge is 0.494 e. The minimum Gasteiger partial charge on any atom is -0.494 e. The van der Waals surface area contributed by atoms with Gasteiger partial charge in [0.1, 0.15) is 11.8 Å². The Morgan fingerprint density at radius 3 is 2.91 bits per heavy atom. The highest BCUT2D eigenvalue weighted by molar-refractivity contribution is 7.97. The summed E-state index contributed by atoms with van der Waals surface area (Å²) in [5, 5.41) is 12.6. The molecule has 9 nitrogen and oxygen atoms in total. The van der Waals surface area contributed by atoms with Crippen molar-refractivity contribution in [3.63, 3.8) is 0 Å². The average Bonchev–Trinajstić information content (AvgIpc) is 2.87. The molecule has 1 unspecified atom stereocenters. The number of hydrogen-bond acceptors (Lipinski definition) is 7. The van der Waals surface area contributed by atoms with Crippen molar-refractivity contribution in [3.05, 3.63) is 70.3 Å².